The second-order valence-corrected chi connectivity index (χ2v) is 4.80. The number of carbonyl (C=O) groups is 1. The van der Waals surface area contributed by atoms with Gasteiger partial charge in [0.05, 0.1) is 0 Å². The number of rotatable bonds is 0. The zero-order chi connectivity index (χ0) is 9.42. The molecule has 0 spiro atoms. The van der Waals surface area contributed by atoms with E-state index in [1.54, 1.807) is 0 Å². The summed E-state index contributed by atoms with van der Waals surface area (Å²) in [6.07, 6.45) is 2.63. The van der Waals surface area contributed by atoms with Crippen LogP contribution in [0.4, 0.5) is 0 Å². The van der Waals surface area contributed by atoms with Gasteiger partial charge in [-0.15, -0.1) is 0 Å². The number of fused-ring (bicyclic) bond motifs is 1. The van der Waals surface area contributed by atoms with E-state index in [4.69, 9.17) is 11.6 Å². The highest BCUT2D eigenvalue weighted by molar-refractivity contribution is 14.1. The number of aryl methyl sites for hydroxylation is 1. The second-order valence-electron chi connectivity index (χ2n) is 3.20. The summed E-state index contributed by atoms with van der Waals surface area (Å²) in [5.41, 5.74) is 2.02. The molecule has 0 radical (unpaired) electrons. The predicted octanol–water partition coefficient (Wildman–Crippen LogP) is 3.46. The van der Waals surface area contributed by atoms with Crippen LogP contribution in [0.3, 0.4) is 0 Å². The molecule has 0 N–H and O–H groups in total. The summed E-state index contributed by atoms with van der Waals surface area (Å²) < 4.78 is 0.991. The van der Waals surface area contributed by atoms with Gasteiger partial charge in [0.15, 0.2) is 5.78 Å². The first-order valence-corrected chi connectivity index (χ1v) is 5.65. The Morgan fingerprint density at radius 3 is 2.85 bits per heavy atom. The number of halogens is 2. The molecule has 0 fully saturated rings. The Balaban J connectivity index is 2.63. The van der Waals surface area contributed by atoms with Crippen LogP contribution in [0.1, 0.15) is 28.8 Å². The molecule has 1 nitrogen and oxygen atoms in total. The summed E-state index contributed by atoms with van der Waals surface area (Å²) >= 11 is 8.09. The molecule has 0 unspecified atom stereocenters. The Kier molecular flexibility index (Phi) is 2.60. The third-order valence-corrected chi connectivity index (χ3v) is 3.33. The summed E-state index contributed by atoms with van der Waals surface area (Å²) in [7, 11) is 0. The molecule has 0 heterocycles. The van der Waals surface area contributed by atoms with E-state index in [1.807, 2.05) is 12.1 Å². The summed E-state index contributed by atoms with van der Waals surface area (Å²) in [6.45, 7) is 0. The van der Waals surface area contributed by atoms with E-state index < -0.39 is 0 Å². The number of benzene rings is 1. The van der Waals surface area contributed by atoms with Crippen LogP contribution >= 0.6 is 34.2 Å². The van der Waals surface area contributed by atoms with Crippen LogP contribution in [-0.2, 0) is 6.42 Å². The average molecular weight is 307 g/mol. The Morgan fingerprint density at radius 2 is 2.08 bits per heavy atom. The summed E-state index contributed by atoms with van der Waals surface area (Å²) in [6, 6.07) is 3.76. The van der Waals surface area contributed by atoms with Crippen LogP contribution < -0.4 is 0 Å². The predicted molar refractivity (Wildman–Crippen MR) is 61.4 cm³/mol. The molecule has 1 aromatic carbocycles. The SMILES string of the molecule is O=C1CCCc2cc(Cl)cc(I)c21. The maximum Gasteiger partial charge on any atom is 0.164 e. The molecule has 1 aliphatic rings. The minimum Gasteiger partial charge on any atom is -0.294 e. The fourth-order valence-corrected chi connectivity index (χ4v) is 3.11. The van der Waals surface area contributed by atoms with Gasteiger partial charge in [-0.25, -0.2) is 0 Å². The fourth-order valence-electron chi connectivity index (χ4n) is 1.70. The highest BCUT2D eigenvalue weighted by Crippen LogP contribution is 2.28. The second kappa shape index (κ2) is 3.58. The third kappa shape index (κ3) is 1.74. The van der Waals surface area contributed by atoms with Crippen molar-refractivity contribution in [1.29, 1.82) is 0 Å². The van der Waals surface area contributed by atoms with Crippen LogP contribution in [0.15, 0.2) is 12.1 Å². The monoisotopic (exact) mass is 306 g/mol. The average Bonchev–Trinajstić information content (AvgIpc) is 2.02. The Labute approximate surface area is 95.6 Å². The molecule has 0 amide bonds. The van der Waals surface area contributed by atoms with Gasteiger partial charge in [-0.1, -0.05) is 11.6 Å². The van der Waals surface area contributed by atoms with E-state index in [1.165, 1.54) is 0 Å². The summed E-state index contributed by atoms with van der Waals surface area (Å²) in [5.74, 6) is 0.266. The van der Waals surface area contributed by atoms with Crippen molar-refractivity contribution in [3.8, 4) is 0 Å². The fraction of sp³-hybridized carbons (Fsp3) is 0.300. The van der Waals surface area contributed by atoms with Crippen molar-refractivity contribution in [2.45, 2.75) is 19.3 Å². The lowest BCUT2D eigenvalue weighted by molar-refractivity contribution is 0.0971. The molecule has 68 valence electrons. The van der Waals surface area contributed by atoms with Crippen LogP contribution in [-0.4, -0.2) is 5.78 Å². The van der Waals surface area contributed by atoms with Crippen molar-refractivity contribution in [3.05, 3.63) is 31.9 Å². The van der Waals surface area contributed by atoms with E-state index in [9.17, 15) is 4.79 Å². The minimum atomic E-state index is 0.266. The molecule has 0 aliphatic heterocycles. The number of ketones is 1. The Hall–Kier alpha value is -0.0900. The van der Waals surface area contributed by atoms with Crippen molar-refractivity contribution in [1.82, 2.24) is 0 Å². The van der Waals surface area contributed by atoms with Crippen molar-refractivity contribution < 1.29 is 4.79 Å². The highest BCUT2D eigenvalue weighted by Gasteiger charge is 2.20. The maximum absolute atomic E-state index is 11.6. The molecular weight excluding hydrogens is 298 g/mol. The van der Waals surface area contributed by atoms with Gasteiger partial charge >= 0.3 is 0 Å². The molecule has 0 bridgehead atoms. The molecule has 0 saturated heterocycles. The summed E-state index contributed by atoms with van der Waals surface area (Å²) in [4.78, 5) is 11.6. The minimum absolute atomic E-state index is 0.266. The van der Waals surface area contributed by atoms with Crippen molar-refractivity contribution >= 4 is 40.0 Å². The normalized spacial score (nSPS) is 15.7. The Bertz CT molecular complexity index is 373. The molecule has 0 atom stereocenters. The quantitative estimate of drug-likeness (QED) is 0.671. The van der Waals surface area contributed by atoms with Gasteiger partial charge in [-0.3, -0.25) is 4.79 Å². The van der Waals surface area contributed by atoms with Crippen LogP contribution in [0, 0.1) is 3.57 Å². The summed E-state index contributed by atoms with van der Waals surface area (Å²) in [5, 5.41) is 0.734. The van der Waals surface area contributed by atoms with Crippen molar-refractivity contribution in [3.63, 3.8) is 0 Å². The number of Topliss-reactive ketones (excluding diaryl/α,β-unsaturated/α-hetero) is 1. The molecule has 1 aromatic rings. The topological polar surface area (TPSA) is 17.1 Å². The molecule has 2 rings (SSSR count). The Morgan fingerprint density at radius 1 is 1.31 bits per heavy atom. The van der Waals surface area contributed by atoms with E-state index >= 15 is 0 Å². The molecule has 13 heavy (non-hydrogen) atoms. The third-order valence-electron chi connectivity index (χ3n) is 2.27. The zero-order valence-electron chi connectivity index (χ0n) is 6.94. The van der Waals surface area contributed by atoms with Crippen molar-refractivity contribution in [2.75, 3.05) is 0 Å². The molecule has 3 heteroatoms. The van der Waals surface area contributed by atoms with E-state index in [2.05, 4.69) is 22.6 Å². The van der Waals surface area contributed by atoms with Crippen molar-refractivity contribution in [2.24, 2.45) is 0 Å². The first-order chi connectivity index (χ1) is 6.18. The largest absolute Gasteiger partial charge is 0.294 e. The van der Waals surface area contributed by atoms with Gasteiger partial charge < -0.3 is 0 Å². The van der Waals surface area contributed by atoms with Gasteiger partial charge in [0.1, 0.15) is 0 Å². The smallest absolute Gasteiger partial charge is 0.164 e. The number of carbonyl (C=O) groups excluding carboxylic acids is 1. The first-order valence-electron chi connectivity index (χ1n) is 4.19. The van der Waals surface area contributed by atoms with Gasteiger partial charge in [-0.2, -0.15) is 0 Å². The standard InChI is InChI=1S/C10H8ClIO/c11-7-4-6-2-1-3-9(13)10(6)8(12)5-7/h4-5H,1-3H2. The van der Waals surface area contributed by atoms with E-state index in [0.29, 0.717) is 6.42 Å². The maximum atomic E-state index is 11.6. The number of hydrogen-bond acceptors (Lipinski definition) is 1. The molecular formula is C10H8ClIO. The molecule has 1 aliphatic carbocycles. The first kappa shape index (κ1) is 9.46. The lowest BCUT2D eigenvalue weighted by Crippen LogP contribution is -2.12. The van der Waals surface area contributed by atoms with E-state index in [-0.39, 0.29) is 5.78 Å². The van der Waals surface area contributed by atoms with Gasteiger partial charge in [0.25, 0.3) is 0 Å². The van der Waals surface area contributed by atoms with Crippen LogP contribution in [0.5, 0.6) is 0 Å². The lowest BCUT2D eigenvalue weighted by atomic mass is 9.91. The van der Waals surface area contributed by atoms with Gasteiger partial charge in [0, 0.05) is 20.6 Å². The van der Waals surface area contributed by atoms with Crippen LogP contribution in [0.25, 0.3) is 0 Å². The van der Waals surface area contributed by atoms with Gasteiger partial charge in [-0.05, 0) is 53.1 Å². The molecule has 0 saturated carbocycles. The lowest BCUT2D eigenvalue weighted by Gasteiger charge is -2.16. The highest BCUT2D eigenvalue weighted by atomic mass is 127. The van der Waals surface area contributed by atoms with Gasteiger partial charge in [0.2, 0.25) is 0 Å². The van der Waals surface area contributed by atoms with Crippen LogP contribution in [0.2, 0.25) is 5.02 Å². The van der Waals surface area contributed by atoms with E-state index in [0.717, 1.165) is 32.6 Å². The number of hydrogen-bond donors (Lipinski definition) is 0. The molecule has 0 aromatic heterocycles. The zero-order valence-corrected chi connectivity index (χ0v) is 9.85.